The Morgan fingerprint density at radius 2 is 1.44 bits per heavy atom. The summed E-state index contributed by atoms with van der Waals surface area (Å²) < 4.78 is 52.4. The average molecular weight is 252 g/mol. The number of benzene rings is 2. The fraction of sp³-hybridized carbons (Fsp3) is 0.143. The lowest BCUT2D eigenvalue weighted by Gasteiger charge is -2.35. The van der Waals surface area contributed by atoms with E-state index in [4.69, 9.17) is 0 Å². The van der Waals surface area contributed by atoms with Crippen LogP contribution in [0.4, 0.5) is 17.6 Å². The van der Waals surface area contributed by atoms with Crippen molar-refractivity contribution in [3.63, 3.8) is 0 Å². The summed E-state index contributed by atoms with van der Waals surface area (Å²) in [4.78, 5) is 0. The third kappa shape index (κ3) is 1.32. The first-order chi connectivity index (χ1) is 8.43. The minimum absolute atomic E-state index is 0.170. The Labute approximate surface area is 101 Å². The summed E-state index contributed by atoms with van der Waals surface area (Å²) in [7, 11) is 0. The lowest BCUT2D eigenvalue weighted by Crippen LogP contribution is -2.48. The van der Waals surface area contributed by atoms with Crippen LogP contribution in [0.15, 0.2) is 48.5 Å². The third-order valence-corrected chi connectivity index (χ3v) is 3.16. The summed E-state index contributed by atoms with van der Waals surface area (Å²) in [6.45, 7) is 0. The van der Waals surface area contributed by atoms with E-state index in [-0.39, 0.29) is 5.56 Å². The van der Waals surface area contributed by atoms with Crippen LogP contribution in [0.2, 0.25) is 0 Å². The van der Waals surface area contributed by atoms with Crippen LogP contribution >= 0.6 is 0 Å². The zero-order chi connectivity index (χ0) is 13.0. The molecule has 0 aliphatic heterocycles. The Morgan fingerprint density at radius 3 is 2.11 bits per heavy atom. The molecule has 0 heterocycles. The number of fused-ring (bicyclic) bond motifs is 1. The molecule has 0 atom stereocenters. The van der Waals surface area contributed by atoms with Gasteiger partial charge in [0.1, 0.15) is 0 Å². The molecule has 0 amide bonds. The summed E-state index contributed by atoms with van der Waals surface area (Å²) in [6.07, 6.45) is 0.342. The minimum atomic E-state index is -4.09. The highest BCUT2D eigenvalue weighted by Crippen LogP contribution is 2.55. The van der Waals surface area contributed by atoms with Crippen LogP contribution in [-0.2, 0) is 0 Å². The first kappa shape index (κ1) is 11.3. The summed E-state index contributed by atoms with van der Waals surface area (Å²) in [5.74, 6) is -8.13. The van der Waals surface area contributed by atoms with Gasteiger partial charge in [-0.2, -0.15) is 17.6 Å². The highest BCUT2D eigenvalue weighted by Gasteiger charge is 2.65. The van der Waals surface area contributed by atoms with Crippen molar-refractivity contribution in [2.24, 2.45) is 0 Å². The quantitative estimate of drug-likeness (QED) is 0.655. The van der Waals surface area contributed by atoms with Gasteiger partial charge in [0.15, 0.2) is 0 Å². The first-order valence-corrected chi connectivity index (χ1v) is 5.40. The zero-order valence-corrected chi connectivity index (χ0v) is 9.13. The van der Waals surface area contributed by atoms with Crippen LogP contribution in [-0.4, -0.2) is 11.8 Å². The molecule has 0 fully saturated rings. The van der Waals surface area contributed by atoms with E-state index in [1.165, 1.54) is 6.07 Å². The molecule has 0 aromatic heterocycles. The molecule has 0 radical (unpaired) electrons. The number of halogens is 4. The summed E-state index contributed by atoms with van der Waals surface area (Å²) >= 11 is 0. The van der Waals surface area contributed by atoms with Gasteiger partial charge in [-0.25, -0.2) is 0 Å². The molecule has 92 valence electrons. The van der Waals surface area contributed by atoms with Crippen LogP contribution < -0.4 is 0 Å². The Morgan fingerprint density at radius 1 is 0.778 bits per heavy atom. The van der Waals surface area contributed by atoms with Crippen LogP contribution in [0.3, 0.4) is 0 Å². The van der Waals surface area contributed by atoms with Gasteiger partial charge in [0.2, 0.25) is 0 Å². The Kier molecular flexibility index (Phi) is 2.09. The van der Waals surface area contributed by atoms with Gasteiger partial charge in [-0.05, 0) is 16.3 Å². The van der Waals surface area contributed by atoms with Crippen molar-refractivity contribution in [1.29, 1.82) is 0 Å². The van der Waals surface area contributed by atoms with E-state index in [0.29, 0.717) is 11.5 Å². The van der Waals surface area contributed by atoms with Crippen molar-refractivity contribution in [1.82, 2.24) is 0 Å². The van der Waals surface area contributed by atoms with E-state index in [9.17, 15) is 17.6 Å². The lowest BCUT2D eigenvalue weighted by molar-refractivity contribution is -0.159. The molecule has 1 aliphatic carbocycles. The largest absolute Gasteiger partial charge is 0.339 e. The fourth-order valence-electron chi connectivity index (χ4n) is 2.17. The molecule has 3 rings (SSSR count). The van der Waals surface area contributed by atoms with Gasteiger partial charge in [0, 0.05) is 11.6 Å². The molecule has 18 heavy (non-hydrogen) atoms. The predicted octanol–water partition coefficient (Wildman–Crippen LogP) is 4.51. The van der Waals surface area contributed by atoms with E-state index >= 15 is 0 Å². The molecule has 0 N–H and O–H groups in total. The van der Waals surface area contributed by atoms with Crippen molar-refractivity contribution < 1.29 is 17.6 Å². The summed E-state index contributed by atoms with van der Waals surface area (Å²) in [6, 6.07) is 11.7. The third-order valence-electron chi connectivity index (χ3n) is 3.16. The van der Waals surface area contributed by atoms with Gasteiger partial charge < -0.3 is 0 Å². The van der Waals surface area contributed by atoms with Gasteiger partial charge in [-0.1, -0.05) is 42.5 Å². The number of allylic oxidation sites excluding steroid dienone is 2. The van der Waals surface area contributed by atoms with Gasteiger partial charge in [0.05, 0.1) is 0 Å². The first-order valence-electron chi connectivity index (χ1n) is 5.40. The topological polar surface area (TPSA) is 0 Å². The second-order valence-corrected chi connectivity index (χ2v) is 4.28. The van der Waals surface area contributed by atoms with Gasteiger partial charge in [0.25, 0.3) is 0 Å². The maximum atomic E-state index is 13.4. The van der Waals surface area contributed by atoms with Gasteiger partial charge in [-0.3, -0.25) is 0 Å². The molecule has 0 spiro atoms. The number of alkyl halides is 4. The number of hydrogen-bond donors (Lipinski definition) is 0. The summed E-state index contributed by atoms with van der Waals surface area (Å²) in [5.41, 5.74) is -0.423. The van der Waals surface area contributed by atoms with E-state index < -0.39 is 17.4 Å². The van der Waals surface area contributed by atoms with E-state index in [0.717, 1.165) is 5.39 Å². The molecule has 0 saturated carbocycles. The lowest BCUT2D eigenvalue weighted by atomic mass is 9.82. The second-order valence-electron chi connectivity index (χ2n) is 4.28. The van der Waals surface area contributed by atoms with Crippen molar-refractivity contribution in [3.05, 3.63) is 54.1 Å². The average Bonchev–Trinajstić information content (AvgIpc) is 2.35. The number of hydrogen-bond acceptors (Lipinski definition) is 0. The van der Waals surface area contributed by atoms with Crippen LogP contribution in [0.25, 0.3) is 16.3 Å². The van der Waals surface area contributed by atoms with Crippen molar-refractivity contribution in [2.75, 3.05) is 0 Å². The fourth-order valence-corrected chi connectivity index (χ4v) is 2.17. The molecule has 4 heteroatoms. The van der Waals surface area contributed by atoms with Crippen molar-refractivity contribution in [3.8, 4) is 0 Å². The maximum Gasteiger partial charge on any atom is 0.339 e. The molecule has 0 unspecified atom stereocenters. The van der Waals surface area contributed by atoms with E-state index in [1.54, 1.807) is 36.4 Å². The molecular formula is C14H8F4. The Hall–Kier alpha value is -1.84. The van der Waals surface area contributed by atoms with Gasteiger partial charge in [-0.15, -0.1) is 0 Å². The molecule has 0 nitrogen and oxygen atoms in total. The highest BCUT2D eigenvalue weighted by molar-refractivity contribution is 5.97. The maximum absolute atomic E-state index is 13.4. The Bertz CT molecular complexity index is 650. The van der Waals surface area contributed by atoms with E-state index in [1.807, 2.05) is 0 Å². The highest BCUT2D eigenvalue weighted by atomic mass is 19.3. The molecule has 2 aromatic rings. The van der Waals surface area contributed by atoms with Crippen molar-refractivity contribution >= 4 is 16.3 Å². The minimum Gasteiger partial charge on any atom is -0.195 e. The predicted molar refractivity (Wildman–Crippen MR) is 61.8 cm³/mol. The molecule has 0 bridgehead atoms. The van der Waals surface area contributed by atoms with E-state index in [2.05, 4.69) is 0 Å². The van der Waals surface area contributed by atoms with Crippen LogP contribution in [0.5, 0.6) is 0 Å². The Balaban J connectivity index is 2.24. The zero-order valence-electron chi connectivity index (χ0n) is 9.13. The monoisotopic (exact) mass is 252 g/mol. The smallest absolute Gasteiger partial charge is 0.195 e. The standard InChI is InChI=1S/C14H8F4/c15-13(16)8-12(14(13,17)18)11-7-3-5-9-4-1-2-6-10(9)11/h1-8H. The molecule has 1 aliphatic rings. The number of rotatable bonds is 1. The van der Waals surface area contributed by atoms with Crippen molar-refractivity contribution in [2.45, 2.75) is 11.8 Å². The molecule has 0 saturated heterocycles. The normalized spacial score (nSPS) is 20.3. The molecular weight excluding hydrogens is 244 g/mol. The molecule has 2 aromatic carbocycles. The van der Waals surface area contributed by atoms with Crippen LogP contribution in [0.1, 0.15) is 5.56 Å². The van der Waals surface area contributed by atoms with Crippen LogP contribution in [0, 0.1) is 0 Å². The second kappa shape index (κ2) is 3.34. The van der Waals surface area contributed by atoms with Gasteiger partial charge >= 0.3 is 11.8 Å². The SMILES string of the molecule is FC1(F)C=C(c2cccc3ccccc23)C1(F)F. The summed E-state index contributed by atoms with van der Waals surface area (Å²) in [5, 5.41) is 1.31.